The highest BCUT2D eigenvalue weighted by Gasteiger charge is 2.11. The summed E-state index contributed by atoms with van der Waals surface area (Å²) < 4.78 is 26.1. The Morgan fingerprint density at radius 2 is 1.77 bits per heavy atom. The average molecular weight is 395 g/mol. The van der Waals surface area contributed by atoms with Crippen LogP contribution in [-0.2, 0) is 0 Å². The quantitative estimate of drug-likeness (QED) is 0.648. The number of halogens is 4. The Morgan fingerprint density at radius 3 is 2.46 bits per heavy atom. The van der Waals surface area contributed by atoms with E-state index in [0.717, 1.165) is 12.1 Å². The van der Waals surface area contributed by atoms with E-state index in [1.54, 1.807) is 12.1 Å². The molecule has 26 heavy (non-hydrogen) atoms. The second-order valence-electron chi connectivity index (χ2n) is 5.12. The monoisotopic (exact) mass is 394 g/mol. The maximum Gasteiger partial charge on any atom is 0.275 e. The minimum absolute atomic E-state index is 0.0388. The maximum atomic E-state index is 13.2. The molecule has 9 heteroatoms. The van der Waals surface area contributed by atoms with Gasteiger partial charge in [-0.3, -0.25) is 4.79 Å². The van der Waals surface area contributed by atoms with Crippen LogP contribution >= 0.6 is 23.2 Å². The number of carbonyl (C=O) groups is 1. The number of carbonyl (C=O) groups excluding carboxylic acids is 1. The van der Waals surface area contributed by atoms with Crippen molar-refractivity contribution in [2.45, 2.75) is 0 Å². The number of hydrogen-bond acceptors (Lipinski definition) is 4. The summed E-state index contributed by atoms with van der Waals surface area (Å²) in [6.45, 7) is 0. The smallest absolute Gasteiger partial charge is 0.275 e. The molecule has 0 aliphatic carbocycles. The Labute approximate surface area is 157 Å². The van der Waals surface area contributed by atoms with Gasteiger partial charge in [-0.1, -0.05) is 23.2 Å². The van der Waals surface area contributed by atoms with Gasteiger partial charge in [-0.25, -0.2) is 18.7 Å². The molecule has 2 N–H and O–H groups in total. The third-order valence-corrected chi connectivity index (χ3v) is 3.82. The summed E-state index contributed by atoms with van der Waals surface area (Å²) >= 11 is 11.9. The van der Waals surface area contributed by atoms with E-state index in [0.29, 0.717) is 21.4 Å². The largest absolute Gasteiger partial charge is 0.339 e. The van der Waals surface area contributed by atoms with Crippen molar-refractivity contribution in [2.75, 3.05) is 10.6 Å². The highest BCUT2D eigenvalue weighted by atomic mass is 35.5. The number of aromatic nitrogens is 2. The van der Waals surface area contributed by atoms with Gasteiger partial charge in [-0.2, -0.15) is 0 Å². The standard InChI is InChI=1S/C17H10Cl2F2N4O/c18-9-1-3-11(19)14(5-9)25-17(26)15-7-23-16(8-22-15)24-10-2-4-12(20)13(21)6-10/h1-8H,(H,23,24)(H,25,26). The molecule has 132 valence electrons. The van der Waals surface area contributed by atoms with E-state index in [1.165, 1.54) is 24.5 Å². The zero-order chi connectivity index (χ0) is 18.7. The van der Waals surface area contributed by atoms with Crippen molar-refractivity contribution in [1.29, 1.82) is 0 Å². The third kappa shape index (κ3) is 4.25. The van der Waals surface area contributed by atoms with Crippen molar-refractivity contribution in [1.82, 2.24) is 9.97 Å². The van der Waals surface area contributed by atoms with Crippen LogP contribution in [0.25, 0.3) is 0 Å². The molecule has 0 spiro atoms. The Morgan fingerprint density at radius 1 is 0.962 bits per heavy atom. The highest BCUT2D eigenvalue weighted by Crippen LogP contribution is 2.25. The molecule has 3 rings (SSSR count). The molecule has 0 radical (unpaired) electrons. The molecule has 0 fully saturated rings. The van der Waals surface area contributed by atoms with Crippen LogP contribution in [0.5, 0.6) is 0 Å². The lowest BCUT2D eigenvalue weighted by Crippen LogP contribution is -2.14. The van der Waals surface area contributed by atoms with Gasteiger partial charge in [0.25, 0.3) is 5.91 Å². The lowest BCUT2D eigenvalue weighted by molar-refractivity contribution is 0.102. The number of nitrogens with one attached hydrogen (secondary N) is 2. The van der Waals surface area contributed by atoms with Gasteiger partial charge in [0, 0.05) is 16.8 Å². The summed E-state index contributed by atoms with van der Waals surface area (Å²) in [6.07, 6.45) is 2.52. The molecule has 1 aromatic heterocycles. The Kier molecular flexibility index (Phi) is 5.29. The summed E-state index contributed by atoms with van der Waals surface area (Å²) in [6, 6.07) is 7.98. The number of amides is 1. The molecule has 0 bridgehead atoms. The van der Waals surface area contributed by atoms with Crippen molar-refractivity contribution >= 4 is 46.3 Å². The molecule has 0 saturated carbocycles. The van der Waals surface area contributed by atoms with Crippen LogP contribution in [0.2, 0.25) is 10.0 Å². The lowest BCUT2D eigenvalue weighted by atomic mass is 10.3. The summed E-state index contributed by atoms with van der Waals surface area (Å²) in [7, 11) is 0. The molecular weight excluding hydrogens is 385 g/mol. The molecule has 0 aliphatic heterocycles. The lowest BCUT2D eigenvalue weighted by Gasteiger charge is -2.08. The Hall–Kier alpha value is -2.77. The van der Waals surface area contributed by atoms with Crippen LogP contribution in [0.4, 0.5) is 26.0 Å². The van der Waals surface area contributed by atoms with E-state index >= 15 is 0 Å². The van der Waals surface area contributed by atoms with Crippen LogP contribution < -0.4 is 10.6 Å². The molecule has 2 aromatic carbocycles. The number of hydrogen-bond donors (Lipinski definition) is 2. The second-order valence-corrected chi connectivity index (χ2v) is 5.96. The van der Waals surface area contributed by atoms with Gasteiger partial charge in [-0.15, -0.1) is 0 Å². The van der Waals surface area contributed by atoms with Crippen molar-refractivity contribution in [3.05, 3.63) is 76.2 Å². The van der Waals surface area contributed by atoms with Gasteiger partial charge in [-0.05, 0) is 30.3 Å². The van der Waals surface area contributed by atoms with E-state index in [1.807, 2.05) is 0 Å². The van der Waals surface area contributed by atoms with Gasteiger partial charge in [0.2, 0.25) is 0 Å². The summed E-state index contributed by atoms with van der Waals surface area (Å²) in [4.78, 5) is 20.2. The zero-order valence-corrected chi connectivity index (χ0v) is 14.4. The number of nitrogens with zero attached hydrogens (tertiary/aromatic N) is 2. The van der Waals surface area contributed by atoms with E-state index in [2.05, 4.69) is 20.6 Å². The molecule has 1 amide bonds. The molecule has 3 aromatic rings. The fourth-order valence-corrected chi connectivity index (χ4v) is 2.35. The molecule has 0 atom stereocenters. The van der Waals surface area contributed by atoms with Crippen molar-refractivity contribution in [3.8, 4) is 0 Å². The van der Waals surface area contributed by atoms with Crippen LogP contribution in [0.1, 0.15) is 10.5 Å². The molecule has 0 aliphatic rings. The predicted molar refractivity (Wildman–Crippen MR) is 96.1 cm³/mol. The fourth-order valence-electron chi connectivity index (χ4n) is 2.01. The van der Waals surface area contributed by atoms with E-state index < -0.39 is 17.5 Å². The first kappa shape index (κ1) is 18.0. The maximum absolute atomic E-state index is 13.2. The van der Waals surface area contributed by atoms with E-state index in [4.69, 9.17) is 23.2 Å². The molecule has 1 heterocycles. The molecule has 0 saturated heterocycles. The van der Waals surface area contributed by atoms with Crippen LogP contribution in [-0.4, -0.2) is 15.9 Å². The van der Waals surface area contributed by atoms with Gasteiger partial charge in [0.15, 0.2) is 11.6 Å². The Bertz CT molecular complexity index is 967. The van der Waals surface area contributed by atoms with Crippen molar-refractivity contribution < 1.29 is 13.6 Å². The Balaban J connectivity index is 1.71. The molecular formula is C17H10Cl2F2N4O. The summed E-state index contributed by atoms with van der Waals surface area (Å²) in [5, 5.41) is 6.08. The highest BCUT2D eigenvalue weighted by molar-refractivity contribution is 6.35. The van der Waals surface area contributed by atoms with E-state index in [9.17, 15) is 13.6 Å². The molecule has 5 nitrogen and oxygen atoms in total. The summed E-state index contributed by atoms with van der Waals surface area (Å²) in [5.74, 6) is -2.21. The predicted octanol–water partition coefficient (Wildman–Crippen LogP) is 5.06. The van der Waals surface area contributed by atoms with Gasteiger partial charge in [0.1, 0.15) is 11.5 Å². The van der Waals surface area contributed by atoms with Gasteiger partial charge in [0.05, 0.1) is 23.1 Å². The minimum atomic E-state index is -0.989. The first-order chi connectivity index (χ1) is 12.4. The normalized spacial score (nSPS) is 10.5. The van der Waals surface area contributed by atoms with Gasteiger partial charge < -0.3 is 10.6 Å². The van der Waals surface area contributed by atoms with Crippen molar-refractivity contribution in [2.24, 2.45) is 0 Å². The average Bonchev–Trinajstić information content (AvgIpc) is 2.62. The number of rotatable bonds is 4. The minimum Gasteiger partial charge on any atom is -0.339 e. The zero-order valence-electron chi connectivity index (χ0n) is 12.9. The first-order valence-corrected chi connectivity index (χ1v) is 7.98. The molecule has 0 unspecified atom stereocenters. The topological polar surface area (TPSA) is 66.9 Å². The van der Waals surface area contributed by atoms with Crippen LogP contribution in [0.3, 0.4) is 0 Å². The first-order valence-electron chi connectivity index (χ1n) is 7.23. The second kappa shape index (κ2) is 7.63. The van der Waals surface area contributed by atoms with Crippen LogP contribution in [0, 0.1) is 11.6 Å². The fraction of sp³-hybridized carbons (Fsp3) is 0. The number of benzene rings is 2. The SMILES string of the molecule is O=C(Nc1cc(Cl)ccc1Cl)c1cnc(Nc2ccc(F)c(F)c2)cn1. The third-order valence-electron chi connectivity index (χ3n) is 3.25. The van der Waals surface area contributed by atoms with Gasteiger partial charge >= 0.3 is 0 Å². The van der Waals surface area contributed by atoms with Crippen molar-refractivity contribution in [3.63, 3.8) is 0 Å². The van der Waals surface area contributed by atoms with E-state index in [-0.39, 0.29) is 11.5 Å². The van der Waals surface area contributed by atoms with Crippen LogP contribution in [0.15, 0.2) is 48.8 Å². The number of anilines is 3. The summed E-state index contributed by atoms with van der Waals surface area (Å²) in [5.41, 5.74) is 0.674.